The van der Waals surface area contributed by atoms with E-state index in [-0.39, 0.29) is 12.3 Å². The molecule has 1 aliphatic rings. The first-order valence-electron chi connectivity index (χ1n) is 6.80. The highest BCUT2D eigenvalue weighted by Crippen LogP contribution is 2.24. The van der Waals surface area contributed by atoms with Crippen LogP contribution in [0.15, 0.2) is 24.4 Å². The summed E-state index contributed by atoms with van der Waals surface area (Å²) in [5.74, 6) is 0.896. The summed E-state index contributed by atoms with van der Waals surface area (Å²) < 4.78 is 25.8. The molecule has 1 fully saturated rings. The van der Waals surface area contributed by atoms with Crippen molar-refractivity contribution in [3.05, 3.63) is 24.4 Å². The number of hydrogen-bond donors (Lipinski definition) is 2. The lowest BCUT2D eigenvalue weighted by molar-refractivity contribution is 0.0685. The first kappa shape index (κ1) is 15.2. The van der Waals surface area contributed by atoms with E-state index in [9.17, 15) is 13.5 Å². The normalized spacial score (nSPS) is 23.2. The Kier molecular flexibility index (Phi) is 4.62. The van der Waals surface area contributed by atoms with Gasteiger partial charge in [-0.15, -0.1) is 0 Å². The lowest BCUT2D eigenvalue weighted by Gasteiger charge is -2.24. The highest BCUT2D eigenvalue weighted by molar-refractivity contribution is 7.89. The number of nitrogens with zero attached hydrogens (tertiary/aromatic N) is 2. The van der Waals surface area contributed by atoms with Crippen molar-refractivity contribution in [3.63, 3.8) is 0 Å². The van der Waals surface area contributed by atoms with Crippen LogP contribution in [0.5, 0.6) is 0 Å². The van der Waals surface area contributed by atoms with Gasteiger partial charge in [0.1, 0.15) is 5.82 Å². The number of rotatable bonds is 6. The number of aromatic nitrogens is 1. The standard InChI is InChI=1S/C13H21N3O3S/c1-2-9-20(18,19)15-10-13(17)6-8-16(11-13)12-5-3-4-7-14-12/h3-5,7,15,17H,2,6,8-11H2,1H3/t13-/m0/s1. The van der Waals surface area contributed by atoms with E-state index in [1.807, 2.05) is 30.0 Å². The Morgan fingerprint density at radius 1 is 1.50 bits per heavy atom. The molecule has 2 N–H and O–H groups in total. The molecule has 7 heteroatoms. The molecule has 0 radical (unpaired) electrons. The van der Waals surface area contributed by atoms with Gasteiger partial charge in [-0.3, -0.25) is 0 Å². The Hall–Kier alpha value is -1.18. The average Bonchev–Trinajstić information content (AvgIpc) is 2.81. The lowest BCUT2D eigenvalue weighted by Crippen LogP contribution is -2.45. The fourth-order valence-electron chi connectivity index (χ4n) is 2.32. The van der Waals surface area contributed by atoms with Crippen LogP contribution in [0, 0.1) is 0 Å². The van der Waals surface area contributed by atoms with E-state index in [0.29, 0.717) is 25.9 Å². The van der Waals surface area contributed by atoms with Gasteiger partial charge in [-0.2, -0.15) is 0 Å². The molecular weight excluding hydrogens is 278 g/mol. The molecule has 0 spiro atoms. The van der Waals surface area contributed by atoms with E-state index in [1.54, 1.807) is 6.20 Å². The second kappa shape index (κ2) is 6.07. The number of hydrogen-bond acceptors (Lipinski definition) is 5. The average molecular weight is 299 g/mol. The van der Waals surface area contributed by atoms with Gasteiger partial charge in [0.15, 0.2) is 0 Å². The van der Waals surface area contributed by atoms with Gasteiger partial charge in [-0.05, 0) is 25.0 Å². The molecule has 0 aromatic carbocycles. The Labute approximate surface area is 119 Å². The van der Waals surface area contributed by atoms with E-state index >= 15 is 0 Å². The molecule has 0 bridgehead atoms. The first-order valence-corrected chi connectivity index (χ1v) is 8.45. The zero-order chi connectivity index (χ0) is 14.6. The van der Waals surface area contributed by atoms with Crippen LogP contribution in [0.25, 0.3) is 0 Å². The molecule has 1 aliphatic heterocycles. The SMILES string of the molecule is CCCS(=O)(=O)NC[C@@]1(O)CCN(c2ccccn2)C1. The van der Waals surface area contributed by atoms with Crippen LogP contribution in [0.1, 0.15) is 19.8 Å². The Morgan fingerprint density at radius 3 is 2.95 bits per heavy atom. The number of anilines is 1. The monoisotopic (exact) mass is 299 g/mol. The van der Waals surface area contributed by atoms with Crippen LogP contribution in [0.4, 0.5) is 5.82 Å². The molecule has 0 unspecified atom stereocenters. The molecule has 1 aromatic heterocycles. The molecule has 1 aromatic rings. The van der Waals surface area contributed by atoms with Gasteiger partial charge in [0, 0.05) is 25.8 Å². The molecule has 20 heavy (non-hydrogen) atoms. The third-order valence-corrected chi connectivity index (χ3v) is 4.93. The molecule has 6 nitrogen and oxygen atoms in total. The first-order chi connectivity index (χ1) is 9.44. The summed E-state index contributed by atoms with van der Waals surface area (Å²) in [6.45, 7) is 2.92. The second-order valence-electron chi connectivity index (χ2n) is 5.22. The zero-order valence-electron chi connectivity index (χ0n) is 11.6. The fraction of sp³-hybridized carbons (Fsp3) is 0.615. The van der Waals surface area contributed by atoms with Crippen molar-refractivity contribution >= 4 is 15.8 Å². The summed E-state index contributed by atoms with van der Waals surface area (Å²) >= 11 is 0. The van der Waals surface area contributed by atoms with Gasteiger partial charge in [-0.1, -0.05) is 13.0 Å². The highest BCUT2D eigenvalue weighted by atomic mass is 32.2. The van der Waals surface area contributed by atoms with Crippen LogP contribution in [0.2, 0.25) is 0 Å². The molecule has 0 aliphatic carbocycles. The predicted molar refractivity (Wildman–Crippen MR) is 78.1 cm³/mol. The van der Waals surface area contributed by atoms with Crippen molar-refractivity contribution in [3.8, 4) is 0 Å². The van der Waals surface area contributed by atoms with Gasteiger partial charge in [0.2, 0.25) is 10.0 Å². The summed E-state index contributed by atoms with van der Waals surface area (Å²) in [7, 11) is -3.28. The fourth-order valence-corrected chi connectivity index (χ4v) is 3.49. The second-order valence-corrected chi connectivity index (χ2v) is 7.15. The quantitative estimate of drug-likeness (QED) is 0.792. The number of sulfonamides is 1. The maximum absolute atomic E-state index is 11.6. The van der Waals surface area contributed by atoms with Crippen molar-refractivity contribution in [2.24, 2.45) is 0 Å². The topological polar surface area (TPSA) is 82.5 Å². The smallest absolute Gasteiger partial charge is 0.211 e. The third kappa shape index (κ3) is 3.91. The minimum Gasteiger partial charge on any atom is -0.387 e. The summed E-state index contributed by atoms with van der Waals surface area (Å²) in [6, 6.07) is 5.61. The minimum absolute atomic E-state index is 0.0542. The summed E-state index contributed by atoms with van der Waals surface area (Å²) in [4.78, 5) is 6.21. The molecule has 0 saturated carbocycles. The highest BCUT2D eigenvalue weighted by Gasteiger charge is 2.37. The van der Waals surface area contributed by atoms with E-state index < -0.39 is 15.6 Å². The Bertz CT molecular complexity index is 535. The third-order valence-electron chi connectivity index (χ3n) is 3.40. The van der Waals surface area contributed by atoms with Crippen molar-refractivity contribution < 1.29 is 13.5 Å². The summed E-state index contributed by atoms with van der Waals surface area (Å²) in [6.07, 6.45) is 2.79. The molecule has 112 valence electrons. The molecule has 1 atom stereocenters. The van der Waals surface area contributed by atoms with Crippen LogP contribution in [-0.4, -0.2) is 49.5 Å². The maximum Gasteiger partial charge on any atom is 0.211 e. The Morgan fingerprint density at radius 2 is 2.30 bits per heavy atom. The number of nitrogens with one attached hydrogen (secondary N) is 1. The van der Waals surface area contributed by atoms with Crippen LogP contribution >= 0.6 is 0 Å². The molecule has 2 heterocycles. The maximum atomic E-state index is 11.6. The zero-order valence-corrected chi connectivity index (χ0v) is 12.4. The van der Waals surface area contributed by atoms with Gasteiger partial charge >= 0.3 is 0 Å². The van der Waals surface area contributed by atoms with E-state index in [0.717, 1.165) is 5.82 Å². The predicted octanol–water partition coefficient (Wildman–Crippen LogP) is 0.352. The van der Waals surface area contributed by atoms with Crippen molar-refractivity contribution in [1.29, 1.82) is 0 Å². The molecule has 2 rings (SSSR count). The number of β-amino-alcohol motifs (C(OH)–C–C–N with tert-alkyl or cyclic N) is 1. The van der Waals surface area contributed by atoms with Crippen LogP contribution in [0.3, 0.4) is 0 Å². The van der Waals surface area contributed by atoms with Crippen molar-refractivity contribution in [2.45, 2.75) is 25.4 Å². The van der Waals surface area contributed by atoms with Crippen molar-refractivity contribution in [2.75, 3.05) is 30.3 Å². The summed E-state index contributed by atoms with van der Waals surface area (Å²) in [5.41, 5.74) is -1.03. The van der Waals surface area contributed by atoms with Gasteiger partial charge < -0.3 is 10.0 Å². The largest absolute Gasteiger partial charge is 0.387 e. The van der Waals surface area contributed by atoms with E-state index in [4.69, 9.17) is 0 Å². The lowest BCUT2D eigenvalue weighted by atomic mass is 10.0. The van der Waals surface area contributed by atoms with Crippen LogP contribution < -0.4 is 9.62 Å². The van der Waals surface area contributed by atoms with E-state index in [2.05, 4.69) is 9.71 Å². The summed E-state index contributed by atoms with van der Waals surface area (Å²) in [5, 5.41) is 10.5. The Balaban J connectivity index is 1.94. The molecular formula is C13H21N3O3S. The van der Waals surface area contributed by atoms with Crippen LogP contribution in [-0.2, 0) is 10.0 Å². The number of pyridine rings is 1. The van der Waals surface area contributed by atoms with E-state index in [1.165, 1.54) is 0 Å². The van der Waals surface area contributed by atoms with Crippen molar-refractivity contribution in [1.82, 2.24) is 9.71 Å². The van der Waals surface area contributed by atoms with Gasteiger partial charge in [0.05, 0.1) is 11.4 Å². The molecule has 0 amide bonds. The molecule has 1 saturated heterocycles. The van der Waals surface area contributed by atoms with Gasteiger partial charge in [0.25, 0.3) is 0 Å². The number of aliphatic hydroxyl groups is 1. The minimum atomic E-state index is -3.28. The van der Waals surface area contributed by atoms with Gasteiger partial charge in [-0.25, -0.2) is 18.1 Å².